The Balaban J connectivity index is 1.81. The third-order valence-electron chi connectivity index (χ3n) is 2.53. The van der Waals surface area contributed by atoms with Crippen LogP contribution in [-0.4, -0.2) is 28.6 Å². The van der Waals surface area contributed by atoms with E-state index in [1.165, 1.54) is 0 Å². The van der Waals surface area contributed by atoms with E-state index in [4.69, 9.17) is 10.5 Å². The molecule has 0 unspecified atom stereocenters. The Bertz CT molecular complexity index is 483. The van der Waals surface area contributed by atoms with Crippen LogP contribution in [0.1, 0.15) is 6.42 Å². The highest BCUT2D eigenvalue weighted by Gasteiger charge is 1.99. The second-order valence-electron chi connectivity index (χ2n) is 3.94. The molecule has 0 spiro atoms. The number of ether oxygens (including phenoxy) is 1. The molecule has 0 aliphatic heterocycles. The van der Waals surface area contributed by atoms with Crippen molar-refractivity contribution in [2.75, 3.05) is 24.7 Å². The van der Waals surface area contributed by atoms with Gasteiger partial charge in [-0.1, -0.05) is 5.21 Å². The molecule has 0 saturated heterocycles. The molecule has 1 aromatic carbocycles. The molecule has 1 heterocycles. The lowest BCUT2D eigenvalue weighted by Crippen LogP contribution is -2.07. The van der Waals surface area contributed by atoms with Crippen LogP contribution in [0.2, 0.25) is 0 Å². The third-order valence-corrected chi connectivity index (χ3v) is 2.53. The zero-order chi connectivity index (χ0) is 12.8. The number of hydrogen-bond acceptors (Lipinski definition) is 5. The van der Waals surface area contributed by atoms with Crippen molar-refractivity contribution < 1.29 is 4.74 Å². The molecule has 6 heteroatoms. The van der Waals surface area contributed by atoms with Crippen molar-refractivity contribution in [3.05, 3.63) is 30.6 Å². The summed E-state index contributed by atoms with van der Waals surface area (Å²) in [5.74, 6) is 0.758. The van der Waals surface area contributed by atoms with Crippen LogP contribution in [0.25, 0.3) is 0 Å². The van der Waals surface area contributed by atoms with Crippen LogP contribution in [0.4, 0.5) is 11.4 Å². The molecule has 0 saturated carbocycles. The van der Waals surface area contributed by atoms with E-state index in [1.807, 2.05) is 23.0 Å². The number of nitrogens with two attached hydrogens (primary N) is 1. The number of benzene rings is 1. The number of hydrogen-bond donors (Lipinski definition) is 2. The number of aromatic nitrogens is 3. The van der Waals surface area contributed by atoms with E-state index in [0.29, 0.717) is 5.69 Å². The summed E-state index contributed by atoms with van der Waals surface area (Å²) in [5.41, 5.74) is 7.43. The molecule has 96 valence electrons. The zero-order valence-corrected chi connectivity index (χ0v) is 10.3. The van der Waals surface area contributed by atoms with Gasteiger partial charge in [-0.15, -0.1) is 5.10 Å². The van der Waals surface area contributed by atoms with Crippen LogP contribution in [0, 0.1) is 0 Å². The fourth-order valence-electron chi connectivity index (χ4n) is 1.67. The maximum atomic E-state index is 5.77. The predicted octanol–water partition coefficient (Wildman–Crippen LogP) is 1.37. The number of nitrogen functional groups attached to an aromatic ring is 1. The van der Waals surface area contributed by atoms with Crippen molar-refractivity contribution in [2.45, 2.75) is 13.0 Å². The minimum Gasteiger partial charge on any atom is -0.497 e. The minimum atomic E-state index is 0.688. The third kappa shape index (κ3) is 3.38. The maximum absolute atomic E-state index is 5.77. The molecular formula is C12H17N5O. The summed E-state index contributed by atoms with van der Waals surface area (Å²) in [6, 6.07) is 5.60. The van der Waals surface area contributed by atoms with Crippen molar-refractivity contribution in [1.82, 2.24) is 15.0 Å². The van der Waals surface area contributed by atoms with Gasteiger partial charge in [0.2, 0.25) is 0 Å². The van der Waals surface area contributed by atoms with Gasteiger partial charge in [0, 0.05) is 42.8 Å². The van der Waals surface area contributed by atoms with Gasteiger partial charge in [-0.3, -0.25) is 4.68 Å². The minimum absolute atomic E-state index is 0.688. The van der Waals surface area contributed by atoms with Crippen LogP contribution in [0.3, 0.4) is 0 Å². The Labute approximate surface area is 106 Å². The van der Waals surface area contributed by atoms with Crippen molar-refractivity contribution in [3.8, 4) is 5.75 Å². The summed E-state index contributed by atoms with van der Waals surface area (Å²) in [6.45, 7) is 1.68. The van der Waals surface area contributed by atoms with Gasteiger partial charge in [0.1, 0.15) is 5.75 Å². The molecule has 2 rings (SSSR count). The summed E-state index contributed by atoms with van der Waals surface area (Å²) in [5, 5.41) is 11.0. The van der Waals surface area contributed by atoms with Gasteiger partial charge >= 0.3 is 0 Å². The summed E-state index contributed by atoms with van der Waals surface area (Å²) < 4.78 is 6.97. The smallest absolute Gasteiger partial charge is 0.122 e. The Morgan fingerprint density at radius 1 is 1.39 bits per heavy atom. The van der Waals surface area contributed by atoms with Crippen molar-refractivity contribution in [3.63, 3.8) is 0 Å². The number of nitrogens with zero attached hydrogens (tertiary/aromatic N) is 3. The van der Waals surface area contributed by atoms with E-state index in [-0.39, 0.29) is 0 Å². The van der Waals surface area contributed by atoms with Gasteiger partial charge in [-0.2, -0.15) is 0 Å². The second-order valence-corrected chi connectivity index (χ2v) is 3.94. The van der Waals surface area contributed by atoms with Crippen molar-refractivity contribution >= 4 is 11.4 Å². The van der Waals surface area contributed by atoms with E-state index in [1.54, 1.807) is 19.4 Å². The number of methoxy groups -OCH3 is 1. The largest absolute Gasteiger partial charge is 0.497 e. The van der Waals surface area contributed by atoms with E-state index in [0.717, 1.165) is 30.9 Å². The lowest BCUT2D eigenvalue weighted by Gasteiger charge is -2.09. The molecule has 1 aromatic heterocycles. The van der Waals surface area contributed by atoms with Crippen molar-refractivity contribution in [1.29, 1.82) is 0 Å². The lowest BCUT2D eigenvalue weighted by atomic mass is 10.2. The molecule has 0 amide bonds. The van der Waals surface area contributed by atoms with Crippen LogP contribution in [0.5, 0.6) is 5.75 Å². The number of nitrogens with one attached hydrogen (secondary N) is 1. The molecule has 6 nitrogen and oxygen atoms in total. The van der Waals surface area contributed by atoms with Gasteiger partial charge in [-0.05, 0) is 12.5 Å². The molecule has 3 N–H and O–H groups in total. The average molecular weight is 247 g/mol. The van der Waals surface area contributed by atoms with E-state index in [2.05, 4.69) is 15.6 Å². The first-order chi connectivity index (χ1) is 8.78. The highest BCUT2D eigenvalue weighted by molar-refractivity contribution is 5.59. The number of rotatable bonds is 6. The second kappa shape index (κ2) is 5.90. The van der Waals surface area contributed by atoms with Gasteiger partial charge in [0.05, 0.1) is 13.3 Å². The molecule has 2 aromatic rings. The average Bonchev–Trinajstić information content (AvgIpc) is 2.87. The predicted molar refractivity (Wildman–Crippen MR) is 70.5 cm³/mol. The topological polar surface area (TPSA) is 78.0 Å². The Hall–Kier alpha value is -2.24. The normalized spacial score (nSPS) is 10.3. The van der Waals surface area contributed by atoms with Gasteiger partial charge < -0.3 is 15.8 Å². The lowest BCUT2D eigenvalue weighted by molar-refractivity contribution is 0.415. The van der Waals surface area contributed by atoms with Gasteiger partial charge in [0.15, 0.2) is 0 Å². The molecule has 0 aliphatic carbocycles. The summed E-state index contributed by atoms with van der Waals surface area (Å²) in [4.78, 5) is 0. The molecule has 0 atom stereocenters. The fraction of sp³-hybridized carbons (Fsp3) is 0.333. The van der Waals surface area contributed by atoms with Crippen LogP contribution < -0.4 is 15.8 Å². The van der Waals surface area contributed by atoms with Crippen LogP contribution in [-0.2, 0) is 6.54 Å². The molecule has 18 heavy (non-hydrogen) atoms. The first-order valence-electron chi connectivity index (χ1n) is 5.80. The SMILES string of the molecule is COc1cc(N)cc(NCCCn2ccnn2)c1. The molecule has 0 fully saturated rings. The standard InChI is InChI=1S/C12H17N5O/c1-18-12-8-10(13)7-11(9-12)14-3-2-5-17-6-4-15-16-17/h4,6-9,14H,2-3,5,13H2,1H3. The molecule has 0 aliphatic rings. The summed E-state index contributed by atoms with van der Waals surface area (Å²) in [6.07, 6.45) is 4.49. The monoisotopic (exact) mass is 247 g/mol. The van der Waals surface area contributed by atoms with E-state index >= 15 is 0 Å². The van der Waals surface area contributed by atoms with E-state index in [9.17, 15) is 0 Å². The maximum Gasteiger partial charge on any atom is 0.122 e. The number of anilines is 2. The molecule has 0 radical (unpaired) electrons. The fourth-order valence-corrected chi connectivity index (χ4v) is 1.67. The first kappa shape index (κ1) is 12.2. The Morgan fingerprint density at radius 3 is 3.00 bits per heavy atom. The number of aryl methyl sites for hydroxylation is 1. The summed E-state index contributed by atoms with van der Waals surface area (Å²) in [7, 11) is 1.63. The molecule has 0 bridgehead atoms. The highest BCUT2D eigenvalue weighted by Crippen LogP contribution is 2.21. The Morgan fingerprint density at radius 2 is 2.28 bits per heavy atom. The quantitative estimate of drug-likeness (QED) is 0.595. The van der Waals surface area contributed by atoms with Gasteiger partial charge in [0.25, 0.3) is 0 Å². The zero-order valence-electron chi connectivity index (χ0n) is 10.3. The van der Waals surface area contributed by atoms with E-state index < -0.39 is 0 Å². The van der Waals surface area contributed by atoms with Gasteiger partial charge in [-0.25, -0.2) is 0 Å². The van der Waals surface area contributed by atoms with Crippen LogP contribution >= 0.6 is 0 Å². The summed E-state index contributed by atoms with van der Waals surface area (Å²) >= 11 is 0. The first-order valence-corrected chi connectivity index (χ1v) is 5.80. The van der Waals surface area contributed by atoms with Crippen molar-refractivity contribution in [2.24, 2.45) is 0 Å². The highest BCUT2D eigenvalue weighted by atomic mass is 16.5. The van der Waals surface area contributed by atoms with Crippen LogP contribution in [0.15, 0.2) is 30.6 Å². The molecular weight excluding hydrogens is 230 g/mol. The Kier molecular flexibility index (Phi) is 4.01.